The first-order chi connectivity index (χ1) is 13.5. The number of benzene rings is 1. The predicted octanol–water partition coefficient (Wildman–Crippen LogP) is 2.07. The van der Waals surface area contributed by atoms with Gasteiger partial charge in [0.25, 0.3) is 0 Å². The minimum Gasteiger partial charge on any atom is -0.492 e. The summed E-state index contributed by atoms with van der Waals surface area (Å²) in [6.07, 6.45) is 3.85. The van der Waals surface area contributed by atoms with E-state index in [2.05, 4.69) is 4.98 Å². The van der Waals surface area contributed by atoms with Gasteiger partial charge in [-0.3, -0.25) is 4.98 Å². The second-order valence-electron chi connectivity index (χ2n) is 6.28. The van der Waals surface area contributed by atoms with Crippen molar-refractivity contribution in [3.63, 3.8) is 0 Å². The number of hydrogen-bond acceptors (Lipinski definition) is 5. The second kappa shape index (κ2) is 8.00. The molecule has 2 N–H and O–H groups in total. The van der Waals surface area contributed by atoms with Crippen LogP contribution in [0, 0.1) is 6.92 Å². The lowest BCUT2D eigenvalue weighted by atomic mass is 9.94. The van der Waals surface area contributed by atoms with Gasteiger partial charge in [-0.15, -0.1) is 4.73 Å². The van der Waals surface area contributed by atoms with Gasteiger partial charge < -0.3 is 15.1 Å². The summed E-state index contributed by atoms with van der Waals surface area (Å²) in [6.45, 7) is 5.71. The third-order valence-electron chi connectivity index (χ3n) is 4.51. The molecule has 3 rings (SSSR count). The van der Waals surface area contributed by atoms with Crippen molar-refractivity contribution < 1.29 is 19.8 Å². The Bertz CT molecular complexity index is 1110. The number of rotatable bonds is 4. The fraction of sp³-hybridized carbons (Fsp3) is 0.182. The molecule has 0 saturated heterocycles. The average Bonchev–Trinajstić information content (AvgIpc) is 3.01. The molecule has 144 valence electrons. The van der Waals surface area contributed by atoms with Crippen molar-refractivity contribution in [1.82, 2.24) is 9.71 Å². The lowest BCUT2D eigenvalue weighted by Crippen LogP contribution is -2.33. The molecule has 2 heterocycles. The number of carbonyl (C=O) groups is 1. The maximum absolute atomic E-state index is 12.6. The Kier molecular flexibility index (Phi) is 5.49. The van der Waals surface area contributed by atoms with Crippen LogP contribution in [-0.2, 0) is 11.2 Å². The number of aromatic nitrogens is 2. The minimum atomic E-state index is -0.626. The van der Waals surface area contributed by atoms with Gasteiger partial charge in [-0.2, -0.15) is 0 Å². The molecule has 0 bridgehead atoms. The molecule has 0 fully saturated rings. The van der Waals surface area contributed by atoms with E-state index in [1.54, 1.807) is 0 Å². The third-order valence-corrected chi connectivity index (χ3v) is 4.51. The third kappa shape index (κ3) is 3.62. The average molecular weight is 378 g/mol. The van der Waals surface area contributed by atoms with Crippen LogP contribution in [0.5, 0.6) is 11.8 Å². The zero-order valence-electron chi connectivity index (χ0n) is 16.0. The Morgan fingerprint density at radius 1 is 1.07 bits per heavy atom. The van der Waals surface area contributed by atoms with E-state index >= 15 is 0 Å². The van der Waals surface area contributed by atoms with Crippen molar-refractivity contribution in [2.24, 2.45) is 0 Å². The molecule has 0 amide bonds. The molecule has 0 radical (unpaired) electrons. The van der Waals surface area contributed by atoms with Gasteiger partial charge in [0.1, 0.15) is 0 Å². The fourth-order valence-electron chi connectivity index (χ4n) is 3.22. The van der Waals surface area contributed by atoms with Crippen molar-refractivity contribution in [1.29, 1.82) is 0 Å². The summed E-state index contributed by atoms with van der Waals surface area (Å²) < 4.78 is 0.689. The summed E-state index contributed by atoms with van der Waals surface area (Å²) in [6, 6.07) is 12.3. The van der Waals surface area contributed by atoms with Gasteiger partial charge in [0.15, 0.2) is 0 Å². The summed E-state index contributed by atoms with van der Waals surface area (Å²) in [4.78, 5) is 22.3. The van der Waals surface area contributed by atoms with Crippen LogP contribution in [0.2, 0.25) is 0 Å². The van der Waals surface area contributed by atoms with E-state index in [1.165, 1.54) is 12.1 Å². The minimum absolute atomic E-state index is 0.0645. The normalized spacial score (nSPS) is 12.4. The van der Waals surface area contributed by atoms with Gasteiger partial charge in [0.05, 0.1) is 11.8 Å². The molecular weight excluding hydrogens is 356 g/mol. The van der Waals surface area contributed by atoms with E-state index in [0.717, 1.165) is 33.0 Å². The molecule has 0 aliphatic heterocycles. The molecule has 1 aromatic carbocycles. The number of nitrogens with zero attached hydrogens (tertiary/aromatic N) is 2. The molecule has 6 nitrogen and oxygen atoms in total. The maximum Gasteiger partial charge on any atom is 0.337 e. The maximum atomic E-state index is 12.6. The lowest BCUT2D eigenvalue weighted by Gasteiger charge is -2.14. The van der Waals surface area contributed by atoms with Crippen LogP contribution in [0.15, 0.2) is 42.5 Å². The number of aryl methyl sites for hydroxylation is 1. The van der Waals surface area contributed by atoms with Crippen molar-refractivity contribution in [2.75, 3.05) is 0 Å². The van der Waals surface area contributed by atoms with E-state index in [-0.39, 0.29) is 18.2 Å². The Morgan fingerprint density at radius 3 is 2.29 bits per heavy atom. The summed E-state index contributed by atoms with van der Waals surface area (Å²) >= 11 is 0. The number of aromatic hydroxyl groups is 2. The van der Waals surface area contributed by atoms with Gasteiger partial charge >= 0.3 is 5.97 Å². The first-order valence-corrected chi connectivity index (χ1v) is 8.94. The SMILES string of the molecule is CC=c1nc(C)c(CC(=O)On2c(O)ccc2O)c(-c2ccccc2)c1=CC. The molecule has 0 spiro atoms. The molecule has 28 heavy (non-hydrogen) atoms. The van der Waals surface area contributed by atoms with Gasteiger partial charge in [0.2, 0.25) is 11.8 Å². The first-order valence-electron chi connectivity index (χ1n) is 8.94. The molecule has 6 heteroatoms. The zero-order chi connectivity index (χ0) is 20.3. The van der Waals surface area contributed by atoms with Gasteiger partial charge in [-0.1, -0.05) is 42.5 Å². The Balaban J connectivity index is 2.12. The summed E-state index contributed by atoms with van der Waals surface area (Å²) in [7, 11) is 0. The van der Waals surface area contributed by atoms with Crippen molar-refractivity contribution in [3.05, 3.63) is 64.3 Å². The highest BCUT2D eigenvalue weighted by molar-refractivity contribution is 5.79. The van der Waals surface area contributed by atoms with E-state index in [0.29, 0.717) is 4.73 Å². The second-order valence-corrected chi connectivity index (χ2v) is 6.28. The highest BCUT2D eigenvalue weighted by Gasteiger charge is 2.19. The molecular formula is C22H22N2O4. The summed E-state index contributed by atoms with van der Waals surface area (Å²) in [5.41, 5.74) is 3.34. The molecule has 0 atom stereocenters. The van der Waals surface area contributed by atoms with E-state index in [9.17, 15) is 15.0 Å². The largest absolute Gasteiger partial charge is 0.492 e. The zero-order valence-corrected chi connectivity index (χ0v) is 16.0. The van der Waals surface area contributed by atoms with Crippen LogP contribution in [0.4, 0.5) is 0 Å². The lowest BCUT2D eigenvalue weighted by molar-refractivity contribution is -0.144. The Morgan fingerprint density at radius 2 is 1.71 bits per heavy atom. The van der Waals surface area contributed by atoms with Gasteiger partial charge in [-0.05, 0) is 37.5 Å². The van der Waals surface area contributed by atoms with Crippen LogP contribution in [-0.4, -0.2) is 25.9 Å². The van der Waals surface area contributed by atoms with Crippen LogP contribution < -0.4 is 15.4 Å². The first kappa shape index (κ1) is 19.2. The summed E-state index contributed by atoms with van der Waals surface area (Å²) in [5, 5.41) is 21.2. The van der Waals surface area contributed by atoms with E-state index in [4.69, 9.17) is 4.84 Å². The van der Waals surface area contributed by atoms with Crippen LogP contribution in [0.1, 0.15) is 25.1 Å². The Labute approximate surface area is 162 Å². The van der Waals surface area contributed by atoms with E-state index < -0.39 is 5.97 Å². The number of hydrogen-bond donors (Lipinski definition) is 2. The predicted molar refractivity (Wildman–Crippen MR) is 107 cm³/mol. The van der Waals surface area contributed by atoms with Crippen LogP contribution in [0.25, 0.3) is 23.3 Å². The van der Waals surface area contributed by atoms with Crippen LogP contribution >= 0.6 is 0 Å². The number of carbonyl (C=O) groups excluding carboxylic acids is 1. The van der Waals surface area contributed by atoms with Crippen molar-refractivity contribution in [3.8, 4) is 22.9 Å². The highest BCUT2D eigenvalue weighted by atomic mass is 16.7. The molecule has 0 unspecified atom stereocenters. The van der Waals surface area contributed by atoms with Crippen LogP contribution in [0.3, 0.4) is 0 Å². The molecule has 0 saturated carbocycles. The van der Waals surface area contributed by atoms with E-state index in [1.807, 2.05) is 63.3 Å². The Hall–Kier alpha value is -3.54. The smallest absolute Gasteiger partial charge is 0.337 e. The monoisotopic (exact) mass is 378 g/mol. The molecule has 3 aromatic rings. The van der Waals surface area contributed by atoms with Crippen molar-refractivity contribution >= 4 is 18.1 Å². The molecule has 0 aliphatic rings. The topological polar surface area (TPSA) is 84.6 Å². The van der Waals surface area contributed by atoms with Crippen molar-refractivity contribution in [2.45, 2.75) is 27.2 Å². The quantitative estimate of drug-likeness (QED) is 0.726. The summed E-state index contributed by atoms with van der Waals surface area (Å²) in [5.74, 6) is -1.34. The highest BCUT2D eigenvalue weighted by Crippen LogP contribution is 2.23. The van der Waals surface area contributed by atoms with Gasteiger partial charge in [0, 0.05) is 23.0 Å². The number of pyridine rings is 1. The fourth-order valence-corrected chi connectivity index (χ4v) is 3.22. The standard InChI is InChI=1S/C22H22N2O4/c1-4-16-18(5-2)23-14(3)17(22(16)15-9-7-6-8-10-15)13-21(27)28-24-19(25)11-12-20(24)26/h4-12,25-26H,13H2,1-3H3. The molecule has 2 aromatic heterocycles. The van der Waals surface area contributed by atoms with Gasteiger partial charge in [-0.25, -0.2) is 4.79 Å². The molecule has 0 aliphatic carbocycles.